The molecule has 2 aromatic heterocycles. The molecule has 0 bridgehead atoms. The molecule has 7 heteroatoms. The Balaban J connectivity index is 1.16. The number of hydrogen-bond donors (Lipinski definition) is 1. The van der Waals surface area contributed by atoms with Gasteiger partial charge in [-0.2, -0.15) is 5.10 Å². The Labute approximate surface area is 197 Å². The van der Waals surface area contributed by atoms with Crippen molar-refractivity contribution in [2.75, 3.05) is 6.54 Å². The number of carbonyl (C=O) groups excluding carboxylic acids is 1. The first-order valence-corrected chi connectivity index (χ1v) is 11.0. The predicted octanol–water partition coefficient (Wildman–Crippen LogP) is 4.87. The van der Waals surface area contributed by atoms with E-state index in [0.29, 0.717) is 23.9 Å². The molecule has 168 valence electrons. The number of hydrogen-bond acceptors (Lipinski definition) is 5. The number of benzene rings is 3. The Morgan fingerprint density at radius 2 is 1.53 bits per heavy atom. The van der Waals surface area contributed by atoms with Crippen LogP contribution in [-0.4, -0.2) is 32.4 Å². The third-order valence-electron chi connectivity index (χ3n) is 5.52. The monoisotopic (exact) mass is 449 g/mol. The van der Waals surface area contributed by atoms with Crippen LogP contribution in [0.1, 0.15) is 21.5 Å². The van der Waals surface area contributed by atoms with Crippen LogP contribution in [0.3, 0.4) is 0 Å². The molecule has 2 heterocycles. The van der Waals surface area contributed by atoms with E-state index in [-0.39, 0.29) is 5.91 Å². The lowest BCUT2D eigenvalue weighted by Gasteiger charge is -2.07. The average molecular weight is 450 g/mol. The van der Waals surface area contributed by atoms with Crippen LogP contribution in [0.15, 0.2) is 95.7 Å². The minimum atomic E-state index is -0.120. The molecule has 3 aromatic carbocycles. The Morgan fingerprint density at radius 3 is 2.15 bits per heavy atom. The molecule has 5 aromatic rings. The van der Waals surface area contributed by atoms with Gasteiger partial charge in [-0.15, -0.1) is 10.2 Å². The van der Waals surface area contributed by atoms with Crippen molar-refractivity contribution >= 4 is 5.91 Å². The molecular weight excluding hydrogens is 426 g/mol. The average Bonchev–Trinajstić information content (AvgIpc) is 3.58. The molecule has 0 atom stereocenters. The van der Waals surface area contributed by atoms with Gasteiger partial charge in [-0.25, -0.2) is 4.68 Å². The molecule has 0 unspecified atom stereocenters. The number of rotatable bonds is 7. The third kappa shape index (κ3) is 4.78. The molecule has 7 nitrogen and oxygen atoms in total. The van der Waals surface area contributed by atoms with Gasteiger partial charge in [-0.1, -0.05) is 29.8 Å². The summed E-state index contributed by atoms with van der Waals surface area (Å²) in [4.78, 5) is 12.5. The topological polar surface area (TPSA) is 85.8 Å². The molecule has 0 saturated heterocycles. The van der Waals surface area contributed by atoms with Crippen molar-refractivity contribution in [1.29, 1.82) is 0 Å². The minimum absolute atomic E-state index is 0.120. The standard InChI is InChI=1S/C27H23N5O2/c1-19-3-7-22(8-4-19)26-30-31-27(34-26)23-11-9-21(10-12-23)25(33)28-17-15-20-5-13-24(14-6-20)32-18-2-16-29-32/h2-14,16,18H,15,17H2,1H3,(H,28,33). The maximum absolute atomic E-state index is 12.5. The summed E-state index contributed by atoms with van der Waals surface area (Å²) in [5, 5.41) is 15.5. The van der Waals surface area contributed by atoms with Crippen molar-refractivity contribution in [3.05, 3.63) is 108 Å². The van der Waals surface area contributed by atoms with E-state index in [4.69, 9.17) is 4.42 Å². The SMILES string of the molecule is Cc1ccc(-c2nnc(-c3ccc(C(=O)NCCc4ccc(-n5cccn5)cc4)cc3)o2)cc1. The lowest BCUT2D eigenvalue weighted by Crippen LogP contribution is -2.25. The maximum atomic E-state index is 12.5. The van der Waals surface area contributed by atoms with E-state index in [1.807, 2.05) is 84.5 Å². The van der Waals surface area contributed by atoms with Crippen LogP contribution in [-0.2, 0) is 6.42 Å². The summed E-state index contributed by atoms with van der Waals surface area (Å²) in [6, 6.07) is 25.1. The molecule has 0 spiro atoms. The number of aryl methyl sites for hydroxylation is 1. The van der Waals surface area contributed by atoms with Crippen molar-refractivity contribution in [3.63, 3.8) is 0 Å². The largest absolute Gasteiger partial charge is 0.416 e. The number of carbonyl (C=O) groups is 1. The van der Waals surface area contributed by atoms with Gasteiger partial charge in [0.2, 0.25) is 11.8 Å². The Morgan fingerprint density at radius 1 is 0.882 bits per heavy atom. The van der Waals surface area contributed by atoms with Gasteiger partial charge in [0.15, 0.2) is 0 Å². The van der Waals surface area contributed by atoms with Crippen molar-refractivity contribution in [2.45, 2.75) is 13.3 Å². The molecule has 34 heavy (non-hydrogen) atoms. The molecule has 1 N–H and O–H groups in total. The summed E-state index contributed by atoms with van der Waals surface area (Å²) in [6.07, 6.45) is 4.40. The molecule has 5 rings (SSSR count). The van der Waals surface area contributed by atoms with Gasteiger partial charge in [0.05, 0.1) is 5.69 Å². The number of aromatic nitrogens is 4. The lowest BCUT2D eigenvalue weighted by molar-refractivity contribution is 0.0954. The second kappa shape index (κ2) is 9.54. The van der Waals surface area contributed by atoms with Crippen molar-refractivity contribution < 1.29 is 9.21 Å². The highest BCUT2D eigenvalue weighted by molar-refractivity contribution is 5.94. The summed E-state index contributed by atoms with van der Waals surface area (Å²) in [5.41, 5.74) is 5.53. The summed E-state index contributed by atoms with van der Waals surface area (Å²) in [7, 11) is 0. The molecular formula is C27H23N5O2. The molecule has 0 aliphatic carbocycles. The van der Waals surface area contributed by atoms with Crippen molar-refractivity contribution in [1.82, 2.24) is 25.3 Å². The van der Waals surface area contributed by atoms with Gasteiger partial charge in [0.1, 0.15) is 0 Å². The Hall–Kier alpha value is -4.52. The zero-order valence-electron chi connectivity index (χ0n) is 18.7. The van der Waals surface area contributed by atoms with Crippen LogP contribution in [0.25, 0.3) is 28.6 Å². The van der Waals surface area contributed by atoms with E-state index in [1.165, 1.54) is 5.56 Å². The van der Waals surface area contributed by atoms with E-state index in [2.05, 4.69) is 20.6 Å². The van der Waals surface area contributed by atoms with Crippen LogP contribution in [0, 0.1) is 6.92 Å². The third-order valence-corrected chi connectivity index (χ3v) is 5.52. The first kappa shape index (κ1) is 21.3. The number of amides is 1. The van der Waals surface area contributed by atoms with E-state index in [9.17, 15) is 4.79 Å². The van der Waals surface area contributed by atoms with Gasteiger partial charge in [0, 0.05) is 35.6 Å². The predicted molar refractivity (Wildman–Crippen MR) is 130 cm³/mol. The van der Waals surface area contributed by atoms with Gasteiger partial charge in [-0.3, -0.25) is 4.79 Å². The van der Waals surface area contributed by atoms with Gasteiger partial charge >= 0.3 is 0 Å². The Bertz CT molecular complexity index is 1370. The van der Waals surface area contributed by atoms with Crippen LogP contribution >= 0.6 is 0 Å². The molecule has 0 aliphatic heterocycles. The highest BCUT2D eigenvalue weighted by Crippen LogP contribution is 2.24. The minimum Gasteiger partial charge on any atom is -0.416 e. The molecule has 0 aliphatic rings. The second-order valence-electron chi connectivity index (χ2n) is 7.98. The fourth-order valence-electron chi connectivity index (χ4n) is 3.58. The van der Waals surface area contributed by atoms with E-state index < -0.39 is 0 Å². The summed E-state index contributed by atoms with van der Waals surface area (Å²) >= 11 is 0. The zero-order valence-corrected chi connectivity index (χ0v) is 18.7. The van der Waals surface area contributed by atoms with Crippen LogP contribution < -0.4 is 5.32 Å². The van der Waals surface area contributed by atoms with E-state index >= 15 is 0 Å². The van der Waals surface area contributed by atoms with E-state index in [0.717, 1.165) is 28.8 Å². The quantitative estimate of drug-likeness (QED) is 0.383. The van der Waals surface area contributed by atoms with Gasteiger partial charge in [-0.05, 0) is 73.5 Å². The summed E-state index contributed by atoms with van der Waals surface area (Å²) < 4.78 is 7.63. The van der Waals surface area contributed by atoms with Gasteiger partial charge < -0.3 is 9.73 Å². The fourth-order valence-corrected chi connectivity index (χ4v) is 3.58. The highest BCUT2D eigenvalue weighted by Gasteiger charge is 2.12. The number of nitrogens with zero attached hydrogens (tertiary/aromatic N) is 4. The molecule has 0 saturated carbocycles. The zero-order chi connectivity index (χ0) is 23.3. The van der Waals surface area contributed by atoms with Gasteiger partial charge in [0.25, 0.3) is 5.91 Å². The Kier molecular flexibility index (Phi) is 5.99. The smallest absolute Gasteiger partial charge is 0.251 e. The highest BCUT2D eigenvalue weighted by atomic mass is 16.4. The first-order chi connectivity index (χ1) is 16.7. The van der Waals surface area contributed by atoms with Crippen LogP contribution in [0.5, 0.6) is 0 Å². The maximum Gasteiger partial charge on any atom is 0.251 e. The second-order valence-corrected chi connectivity index (χ2v) is 7.98. The van der Waals surface area contributed by atoms with Crippen molar-refractivity contribution in [3.8, 4) is 28.6 Å². The molecule has 0 fully saturated rings. The fraction of sp³-hybridized carbons (Fsp3) is 0.111. The summed E-state index contributed by atoms with van der Waals surface area (Å²) in [6.45, 7) is 2.58. The molecule has 1 amide bonds. The molecule has 0 radical (unpaired) electrons. The van der Waals surface area contributed by atoms with Crippen LogP contribution in [0.2, 0.25) is 0 Å². The van der Waals surface area contributed by atoms with Crippen molar-refractivity contribution in [2.24, 2.45) is 0 Å². The van der Waals surface area contributed by atoms with E-state index in [1.54, 1.807) is 18.3 Å². The summed E-state index contributed by atoms with van der Waals surface area (Å²) in [5.74, 6) is 0.765. The van der Waals surface area contributed by atoms with Crippen LogP contribution in [0.4, 0.5) is 0 Å². The number of nitrogens with one attached hydrogen (secondary N) is 1. The first-order valence-electron chi connectivity index (χ1n) is 11.0. The lowest BCUT2D eigenvalue weighted by atomic mass is 10.1. The normalized spacial score (nSPS) is 10.9.